The van der Waals surface area contributed by atoms with E-state index in [0.29, 0.717) is 29.3 Å². The number of amides is 3. The van der Waals surface area contributed by atoms with E-state index in [1.807, 2.05) is 18.2 Å². The van der Waals surface area contributed by atoms with Gasteiger partial charge >= 0.3 is 6.03 Å². The molecule has 0 radical (unpaired) electrons. The number of anilines is 2. The largest absolute Gasteiger partial charge is 0.391 e. The van der Waals surface area contributed by atoms with Crippen LogP contribution in [-0.4, -0.2) is 51.3 Å². The zero-order valence-corrected chi connectivity index (χ0v) is 22.6. The van der Waals surface area contributed by atoms with Gasteiger partial charge < -0.3 is 21.1 Å². The van der Waals surface area contributed by atoms with Crippen LogP contribution in [0.1, 0.15) is 44.1 Å². The number of halogens is 2. The molecule has 3 atom stereocenters. The number of nitrogens with zero attached hydrogens (tertiary/aromatic N) is 3. The molecule has 1 unspecified atom stereocenters. The van der Waals surface area contributed by atoms with Crippen LogP contribution in [0.5, 0.6) is 0 Å². The Morgan fingerprint density at radius 1 is 1.20 bits per heavy atom. The molecule has 9 nitrogen and oxygen atoms in total. The first-order valence-corrected chi connectivity index (χ1v) is 13.8. The van der Waals surface area contributed by atoms with Crippen LogP contribution in [0, 0.1) is 11.7 Å². The number of likely N-dealkylation sites (tertiary alicyclic amines) is 1. The number of aromatic nitrogens is 1. The summed E-state index contributed by atoms with van der Waals surface area (Å²) in [6.07, 6.45) is 12.4. The second-order valence-electron chi connectivity index (χ2n) is 10.5. The fourth-order valence-corrected chi connectivity index (χ4v) is 5.23. The van der Waals surface area contributed by atoms with Crippen molar-refractivity contribution in [3.8, 4) is 0 Å². The van der Waals surface area contributed by atoms with Gasteiger partial charge in [-0.3, -0.25) is 15.1 Å². The molecular formula is C29H32ClFN6O3. The zero-order valence-electron chi connectivity index (χ0n) is 21.9. The summed E-state index contributed by atoms with van der Waals surface area (Å²) in [7, 11) is 0. The molecule has 40 heavy (non-hydrogen) atoms. The van der Waals surface area contributed by atoms with E-state index in [1.165, 1.54) is 36.1 Å². The van der Waals surface area contributed by atoms with Crippen molar-refractivity contribution in [2.45, 2.75) is 56.2 Å². The SMILES string of the molecule is NC(CCC1CC1)(C1=NC=CC=CC1)c1ccc(F)c(NC(=O)[C@H]2C[C@@H](O)CN2C(=O)Nc2ccc(Cl)cn2)c1. The Morgan fingerprint density at radius 3 is 2.77 bits per heavy atom. The second kappa shape index (κ2) is 11.9. The average Bonchev–Trinajstić information content (AvgIpc) is 3.74. The van der Waals surface area contributed by atoms with E-state index in [0.717, 1.165) is 12.1 Å². The van der Waals surface area contributed by atoms with Gasteiger partial charge in [0.05, 0.1) is 22.4 Å². The smallest absolute Gasteiger partial charge is 0.323 e. The Bertz CT molecular complexity index is 1360. The van der Waals surface area contributed by atoms with Crippen molar-refractivity contribution >= 4 is 40.8 Å². The number of nitrogens with one attached hydrogen (secondary N) is 2. The third-order valence-electron chi connectivity index (χ3n) is 7.58. The maximum absolute atomic E-state index is 15.0. The number of hydrogen-bond acceptors (Lipinski definition) is 6. The molecule has 1 aromatic carbocycles. The number of nitrogens with two attached hydrogens (primary N) is 1. The molecule has 0 bridgehead atoms. The van der Waals surface area contributed by atoms with Gasteiger partial charge in [0.15, 0.2) is 0 Å². The average molecular weight is 567 g/mol. The number of pyridine rings is 1. The van der Waals surface area contributed by atoms with E-state index in [1.54, 1.807) is 24.4 Å². The summed E-state index contributed by atoms with van der Waals surface area (Å²) in [5.74, 6) is -0.381. The van der Waals surface area contributed by atoms with E-state index >= 15 is 4.39 Å². The Morgan fingerprint density at radius 2 is 2.02 bits per heavy atom. The van der Waals surface area contributed by atoms with Crippen molar-refractivity contribution in [3.05, 3.63) is 77.4 Å². The first-order valence-electron chi connectivity index (χ1n) is 13.4. The van der Waals surface area contributed by atoms with Gasteiger partial charge in [-0.2, -0.15) is 0 Å². The maximum Gasteiger partial charge on any atom is 0.323 e. The lowest BCUT2D eigenvalue weighted by atomic mass is 9.79. The van der Waals surface area contributed by atoms with Gasteiger partial charge in [0, 0.05) is 37.5 Å². The molecular weight excluding hydrogens is 535 g/mol. The molecule has 1 aliphatic carbocycles. The van der Waals surface area contributed by atoms with Crippen LogP contribution in [0.2, 0.25) is 5.02 Å². The fourth-order valence-electron chi connectivity index (χ4n) is 5.12. The third-order valence-corrected chi connectivity index (χ3v) is 7.80. The Labute approximate surface area is 237 Å². The number of carbonyl (C=O) groups excluding carboxylic acids is 2. The minimum Gasteiger partial charge on any atom is -0.391 e. The lowest BCUT2D eigenvalue weighted by Gasteiger charge is -2.32. The maximum atomic E-state index is 15.0. The highest BCUT2D eigenvalue weighted by Crippen LogP contribution is 2.39. The van der Waals surface area contributed by atoms with Crippen molar-refractivity contribution in [1.29, 1.82) is 0 Å². The molecule has 11 heteroatoms. The van der Waals surface area contributed by atoms with Gasteiger partial charge in [-0.1, -0.05) is 42.7 Å². The van der Waals surface area contributed by atoms with Crippen molar-refractivity contribution in [2.24, 2.45) is 16.6 Å². The number of rotatable bonds is 8. The van der Waals surface area contributed by atoms with Gasteiger partial charge in [0.1, 0.15) is 17.7 Å². The molecule has 3 heterocycles. The number of aliphatic hydroxyl groups is 1. The quantitative estimate of drug-likeness (QED) is 0.366. The van der Waals surface area contributed by atoms with Crippen LogP contribution in [0.3, 0.4) is 0 Å². The highest BCUT2D eigenvalue weighted by molar-refractivity contribution is 6.30. The number of benzene rings is 1. The topological polar surface area (TPSA) is 133 Å². The zero-order chi connectivity index (χ0) is 28.3. The molecule has 210 valence electrons. The molecule has 3 aliphatic rings. The molecule has 2 aliphatic heterocycles. The van der Waals surface area contributed by atoms with E-state index in [-0.39, 0.29) is 24.5 Å². The van der Waals surface area contributed by atoms with E-state index in [4.69, 9.17) is 17.3 Å². The molecule has 3 amide bonds. The van der Waals surface area contributed by atoms with Gasteiger partial charge in [0.2, 0.25) is 5.91 Å². The molecule has 1 saturated carbocycles. The number of urea groups is 1. The molecule has 2 aromatic rings. The minimum atomic E-state index is -1.02. The first-order chi connectivity index (χ1) is 19.2. The van der Waals surface area contributed by atoms with Crippen LogP contribution in [0.15, 0.2) is 65.9 Å². The summed E-state index contributed by atoms with van der Waals surface area (Å²) in [6.45, 7) is -0.0615. The Balaban J connectivity index is 1.36. The number of carbonyl (C=O) groups is 2. The molecule has 1 saturated heterocycles. The summed E-state index contributed by atoms with van der Waals surface area (Å²) < 4.78 is 15.0. The molecule has 1 aromatic heterocycles. The van der Waals surface area contributed by atoms with Gasteiger partial charge in [-0.05, 0) is 54.7 Å². The molecule has 5 N–H and O–H groups in total. The Hall–Kier alpha value is -3.60. The second-order valence-corrected chi connectivity index (χ2v) is 11.0. The van der Waals surface area contributed by atoms with E-state index < -0.39 is 35.4 Å². The predicted molar refractivity (Wildman–Crippen MR) is 153 cm³/mol. The summed E-state index contributed by atoms with van der Waals surface area (Å²) in [4.78, 5) is 36.1. The lowest BCUT2D eigenvalue weighted by Crippen LogP contribution is -2.46. The fraction of sp³-hybridized carbons (Fsp3) is 0.379. The van der Waals surface area contributed by atoms with Crippen LogP contribution in [0.25, 0.3) is 0 Å². The summed E-state index contributed by atoms with van der Waals surface area (Å²) in [5, 5.41) is 15.9. The molecule has 0 spiro atoms. The van der Waals surface area contributed by atoms with Crippen LogP contribution in [0.4, 0.5) is 20.7 Å². The van der Waals surface area contributed by atoms with Crippen LogP contribution < -0.4 is 16.4 Å². The van der Waals surface area contributed by atoms with Gasteiger partial charge in [-0.15, -0.1) is 0 Å². The highest BCUT2D eigenvalue weighted by Gasteiger charge is 2.40. The van der Waals surface area contributed by atoms with Crippen LogP contribution in [-0.2, 0) is 10.3 Å². The van der Waals surface area contributed by atoms with Crippen molar-refractivity contribution in [2.75, 3.05) is 17.2 Å². The summed E-state index contributed by atoms with van der Waals surface area (Å²) in [6, 6.07) is 5.92. The number of aliphatic hydroxyl groups excluding tert-OH is 1. The lowest BCUT2D eigenvalue weighted by molar-refractivity contribution is -0.119. The number of hydrogen-bond donors (Lipinski definition) is 4. The monoisotopic (exact) mass is 566 g/mol. The standard InChI is InChI=1S/C29H32ClFN6O3/c30-20-8-10-26(34-16-20)36-28(40)37-17-21(38)15-24(37)27(39)35-23-14-19(7-9-22(23)31)29(32,12-11-18-5-6-18)25-4-2-1-3-13-33-25/h1-3,7-10,13-14,16,18,21,24,38H,4-6,11-12,15,17,32H2,(H,35,39)(H,34,36,40)/t21-,24-,29?/m1/s1. The van der Waals surface area contributed by atoms with Gasteiger partial charge in [0.25, 0.3) is 0 Å². The van der Waals surface area contributed by atoms with Crippen molar-refractivity contribution < 1.29 is 19.1 Å². The minimum absolute atomic E-state index is 0.00625. The predicted octanol–water partition coefficient (Wildman–Crippen LogP) is 4.74. The Kier molecular flexibility index (Phi) is 8.30. The van der Waals surface area contributed by atoms with Crippen molar-refractivity contribution in [3.63, 3.8) is 0 Å². The van der Waals surface area contributed by atoms with E-state index in [2.05, 4.69) is 20.6 Å². The van der Waals surface area contributed by atoms with Crippen molar-refractivity contribution in [1.82, 2.24) is 9.88 Å². The number of allylic oxidation sites excluding steroid dienone is 3. The van der Waals surface area contributed by atoms with Crippen LogP contribution >= 0.6 is 11.6 Å². The normalized spacial score (nSPS) is 21.9. The number of aliphatic imine (C=N–C) groups is 1. The van der Waals surface area contributed by atoms with E-state index in [9.17, 15) is 14.7 Å². The highest BCUT2D eigenvalue weighted by atomic mass is 35.5. The third kappa shape index (κ3) is 6.41. The summed E-state index contributed by atoms with van der Waals surface area (Å²) >= 11 is 5.85. The summed E-state index contributed by atoms with van der Waals surface area (Å²) in [5.41, 5.74) is 7.44. The first kappa shape index (κ1) is 27.9. The number of β-amino-alcohol motifs (C(OH)–C–C–N with tert-alkyl or cyclic N) is 1. The molecule has 2 fully saturated rings. The molecule has 5 rings (SSSR count). The van der Waals surface area contributed by atoms with Gasteiger partial charge in [-0.25, -0.2) is 14.2 Å².